The third kappa shape index (κ3) is 0.818. The van der Waals surface area contributed by atoms with Gasteiger partial charge in [-0.05, 0) is 19.8 Å². The molecule has 56 valence electrons. The van der Waals surface area contributed by atoms with Crippen molar-refractivity contribution in [3.8, 4) is 0 Å². The molecule has 0 bridgehead atoms. The molecular weight excluding hydrogens is 130 g/mol. The predicted octanol–water partition coefficient (Wildman–Crippen LogP) is 0.231. The smallest absolute Gasteiger partial charge is 0.230 e. The molecule has 0 heterocycles. The molecule has 1 aliphatic rings. The first kappa shape index (κ1) is 7.25. The van der Waals surface area contributed by atoms with E-state index < -0.39 is 11.3 Å². The maximum atomic E-state index is 11.0. The fraction of sp³-hybridized carbons (Fsp3) is 0.714. The average Bonchev–Trinajstić information content (AvgIpc) is 2.15. The molecule has 1 amide bonds. The van der Waals surface area contributed by atoms with Gasteiger partial charge in [-0.1, -0.05) is 0 Å². The number of ketones is 1. The fourth-order valence-electron chi connectivity index (χ4n) is 1.28. The zero-order valence-electron chi connectivity index (χ0n) is 6.02. The second-order valence-electron chi connectivity index (χ2n) is 2.97. The number of hydrogen-bond donors (Lipinski definition) is 1. The highest BCUT2D eigenvalue weighted by atomic mass is 16.2. The van der Waals surface area contributed by atoms with E-state index in [9.17, 15) is 9.59 Å². The molecule has 1 saturated carbocycles. The first-order valence-electron chi connectivity index (χ1n) is 3.40. The lowest BCUT2D eigenvalue weighted by atomic mass is 9.87. The predicted molar refractivity (Wildman–Crippen MR) is 36.2 cm³/mol. The molecule has 1 atom stereocenters. The average molecular weight is 141 g/mol. The molecule has 3 heteroatoms. The topological polar surface area (TPSA) is 60.2 Å². The van der Waals surface area contributed by atoms with Crippen LogP contribution < -0.4 is 5.73 Å². The van der Waals surface area contributed by atoms with Crippen molar-refractivity contribution in [1.29, 1.82) is 0 Å². The summed E-state index contributed by atoms with van der Waals surface area (Å²) in [7, 11) is 0. The highest BCUT2D eigenvalue weighted by molar-refractivity contribution is 6.06. The maximum absolute atomic E-state index is 11.0. The van der Waals surface area contributed by atoms with Crippen LogP contribution in [0.25, 0.3) is 0 Å². The quantitative estimate of drug-likeness (QED) is 0.531. The Morgan fingerprint density at radius 3 is 2.50 bits per heavy atom. The van der Waals surface area contributed by atoms with E-state index in [0.717, 1.165) is 6.42 Å². The van der Waals surface area contributed by atoms with Gasteiger partial charge in [0.15, 0.2) is 0 Å². The van der Waals surface area contributed by atoms with Crippen molar-refractivity contribution in [3.05, 3.63) is 0 Å². The SMILES string of the molecule is CC1(C(N)=O)CCCC1=O. The number of carbonyl (C=O) groups excluding carboxylic acids is 2. The summed E-state index contributed by atoms with van der Waals surface area (Å²) < 4.78 is 0. The van der Waals surface area contributed by atoms with Gasteiger partial charge in [0.25, 0.3) is 0 Å². The van der Waals surface area contributed by atoms with Crippen LogP contribution in [0.2, 0.25) is 0 Å². The van der Waals surface area contributed by atoms with E-state index in [-0.39, 0.29) is 5.78 Å². The lowest BCUT2D eigenvalue weighted by molar-refractivity contribution is -0.136. The summed E-state index contributed by atoms with van der Waals surface area (Å²) in [6.45, 7) is 1.63. The number of Topliss-reactive ketones (excluding diaryl/α,β-unsaturated/α-hetero) is 1. The number of rotatable bonds is 1. The molecular formula is C7H11NO2. The number of hydrogen-bond acceptors (Lipinski definition) is 2. The van der Waals surface area contributed by atoms with Gasteiger partial charge in [-0.2, -0.15) is 0 Å². The zero-order valence-corrected chi connectivity index (χ0v) is 6.02. The van der Waals surface area contributed by atoms with Crippen LogP contribution in [-0.2, 0) is 9.59 Å². The minimum Gasteiger partial charge on any atom is -0.369 e. The van der Waals surface area contributed by atoms with E-state index >= 15 is 0 Å². The Hall–Kier alpha value is -0.860. The Balaban J connectivity index is 2.86. The molecule has 10 heavy (non-hydrogen) atoms. The van der Waals surface area contributed by atoms with Crippen LogP contribution in [-0.4, -0.2) is 11.7 Å². The van der Waals surface area contributed by atoms with Crippen molar-refractivity contribution in [2.75, 3.05) is 0 Å². The van der Waals surface area contributed by atoms with Crippen LogP contribution in [0.15, 0.2) is 0 Å². The van der Waals surface area contributed by atoms with Crippen LogP contribution in [0.3, 0.4) is 0 Å². The third-order valence-corrected chi connectivity index (χ3v) is 2.24. The molecule has 2 N–H and O–H groups in total. The number of carbonyl (C=O) groups is 2. The van der Waals surface area contributed by atoms with E-state index in [1.807, 2.05) is 0 Å². The molecule has 0 spiro atoms. The largest absolute Gasteiger partial charge is 0.369 e. The van der Waals surface area contributed by atoms with Crippen molar-refractivity contribution in [3.63, 3.8) is 0 Å². The lowest BCUT2D eigenvalue weighted by Gasteiger charge is -2.15. The molecule has 0 saturated heterocycles. The van der Waals surface area contributed by atoms with Crippen LogP contribution in [0.1, 0.15) is 26.2 Å². The van der Waals surface area contributed by atoms with E-state index in [1.54, 1.807) is 6.92 Å². The highest BCUT2D eigenvalue weighted by Gasteiger charge is 2.42. The molecule has 0 radical (unpaired) electrons. The summed E-state index contributed by atoms with van der Waals surface area (Å²) in [4.78, 5) is 21.8. The van der Waals surface area contributed by atoms with Gasteiger partial charge in [0, 0.05) is 6.42 Å². The van der Waals surface area contributed by atoms with Crippen molar-refractivity contribution >= 4 is 11.7 Å². The molecule has 1 rings (SSSR count). The number of amides is 1. The van der Waals surface area contributed by atoms with Crippen molar-refractivity contribution in [1.82, 2.24) is 0 Å². The van der Waals surface area contributed by atoms with Crippen LogP contribution in [0, 0.1) is 5.41 Å². The minimum absolute atomic E-state index is 0.000000000000000222. The first-order valence-corrected chi connectivity index (χ1v) is 3.40. The second kappa shape index (κ2) is 2.08. The van der Waals surface area contributed by atoms with Crippen LogP contribution in [0.4, 0.5) is 0 Å². The minimum atomic E-state index is -0.847. The van der Waals surface area contributed by atoms with E-state index in [4.69, 9.17) is 5.73 Å². The monoisotopic (exact) mass is 141 g/mol. The third-order valence-electron chi connectivity index (χ3n) is 2.24. The van der Waals surface area contributed by atoms with Crippen molar-refractivity contribution in [2.45, 2.75) is 26.2 Å². The van der Waals surface area contributed by atoms with E-state index in [0.29, 0.717) is 12.8 Å². The summed E-state index contributed by atoms with van der Waals surface area (Å²) in [5.74, 6) is -0.477. The van der Waals surface area contributed by atoms with Gasteiger partial charge >= 0.3 is 0 Å². The van der Waals surface area contributed by atoms with Gasteiger partial charge in [0.05, 0.1) is 0 Å². The standard InChI is InChI=1S/C7H11NO2/c1-7(6(8)10)4-2-3-5(7)9/h2-4H2,1H3,(H2,8,10). The van der Waals surface area contributed by atoms with Crippen molar-refractivity contribution in [2.24, 2.45) is 11.1 Å². The summed E-state index contributed by atoms with van der Waals surface area (Å²) in [5, 5.41) is 0. The summed E-state index contributed by atoms with van der Waals surface area (Å²) in [5.41, 5.74) is 4.22. The molecule has 0 aromatic rings. The van der Waals surface area contributed by atoms with Crippen molar-refractivity contribution < 1.29 is 9.59 Å². The Bertz CT molecular complexity index is 188. The molecule has 1 aliphatic carbocycles. The molecule has 1 unspecified atom stereocenters. The lowest BCUT2D eigenvalue weighted by Crippen LogP contribution is -2.37. The number of nitrogens with two attached hydrogens (primary N) is 1. The zero-order chi connectivity index (χ0) is 7.78. The van der Waals surface area contributed by atoms with Gasteiger partial charge in [-0.3, -0.25) is 9.59 Å². The van der Waals surface area contributed by atoms with Crippen LogP contribution >= 0.6 is 0 Å². The van der Waals surface area contributed by atoms with Gasteiger partial charge < -0.3 is 5.73 Å². The van der Waals surface area contributed by atoms with Gasteiger partial charge in [-0.25, -0.2) is 0 Å². The normalized spacial score (nSPS) is 32.7. The van der Waals surface area contributed by atoms with Crippen LogP contribution in [0.5, 0.6) is 0 Å². The fourth-order valence-corrected chi connectivity index (χ4v) is 1.28. The number of primary amides is 1. The van der Waals surface area contributed by atoms with E-state index in [2.05, 4.69) is 0 Å². The van der Waals surface area contributed by atoms with Gasteiger partial charge in [0.1, 0.15) is 11.2 Å². The summed E-state index contributed by atoms with van der Waals surface area (Å²) in [6.07, 6.45) is 1.94. The molecule has 3 nitrogen and oxygen atoms in total. The molecule has 1 fully saturated rings. The van der Waals surface area contributed by atoms with Gasteiger partial charge in [-0.15, -0.1) is 0 Å². The molecule has 0 aromatic heterocycles. The Labute approximate surface area is 59.6 Å². The molecule has 0 aliphatic heterocycles. The molecule has 0 aromatic carbocycles. The Kier molecular flexibility index (Phi) is 1.50. The summed E-state index contributed by atoms with van der Waals surface area (Å²) >= 11 is 0. The Morgan fingerprint density at radius 2 is 2.30 bits per heavy atom. The summed E-state index contributed by atoms with van der Waals surface area (Å²) in [6, 6.07) is 0. The second-order valence-corrected chi connectivity index (χ2v) is 2.97. The highest BCUT2D eigenvalue weighted by Crippen LogP contribution is 2.33. The first-order chi connectivity index (χ1) is 4.57. The van der Waals surface area contributed by atoms with E-state index in [1.165, 1.54) is 0 Å². The Morgan fingerprint density at radius 1 is 1.70 bits per heavy atom. The maximum Gasteiger partial charge on any atom is 0.230 e. The van der Waals surface area contributed by atoms with Gasteiger partial charge in [0.2, 0.25) is 5.91 Å².